The van der Waals surface area contributed by atoms with E-state index in [-0.39, 0.29) is 27.3 Å². The molecule has 1 heterocycles. The van der Waals surface area contributed by atoms with Crippen LogP contribution in [0.4, 0.5) is 0 Å². The molecule has 0 aromatic heterocycles. The van der Waals surface area contributed by atoms with Gasteiger partial charge in [0.05, 0.1) is 24.9 Å². The lowest BCUT2D eigenvalue weighted by atomic mass is 9.66. The van der Waals surface area contributed by atoms with E-state index in [2.05, 4.69) is 169 Å². The molecule has 67 heavy (non-hydrogen) atoms. The van der Waals surface area contributed by atoms with Crippen LogP contribution in [-0.4, -0.2) is 62.1 Å². The highest BCUT2D eigenvalue weighted by atomic mass is 28.4. The largest absolute Gasteiger partial charge is 0.469 e. The molecule has 6 nitrogen and oxygen atoms in total. The molecule has 10 heteroatoms. The first kappa shape index (κ1) is 54.5. The number of rotatable bonds is 20. The Labute approximate surface area is 409 Å². The molecule has 1 saturated heterocycles. The van der Waals surface area contributed by atoms with Crippen molar-refractivity contribution in [3.8, 4) is 0 Å². The molecule has 4 aromatic rings. The van der Waals surface area contributed by atoms with Crippen molar-refractivity contribution >= 4 is 32.1 Å². The van der Waals surface area contributed by atoms with Crippen LogP contribution in [0.15, 0.2) is 158 Å². The Balaban J connectivity index is 1.50. The Morgan fingerprint density at radius 2 is 0.910 bits per heavy atom. The summed E-state index contributed by atoms with van der Waals surface area (Å²) in [5.41, 5.74) is 1.41. The molecule has 4 atom stereocenters. The van der Waals surface area contributed by atoms with Crippen molar-refractivity contribution in [2.45, 2.75) is 165 Å². The summed E-state index contributed by atoms with van der Waals surface area (Å²) in [6.45, 7) is 39.2. The third-order valence-corrected chi connectivity index (χ3v) is 28.7. The van der Waals surface area contributed by atoms with Gasteiger partial charge in [-0.05, 0) is 89.5 Å². The Hall–Kier alpha value is -3.42. The number of hydrogen-bond donors (Lipinski definition) is 1. The molecule has 0 unspecified atom stereocenters. The number of hydrogen-bond acceptors (Lipinski definition) is 6. The minimum Gasteiger partial charge on any atom is -0.414 e. The first-order chi connectivity index (χ1) is 31.2. The van der Waals surface area contributed by atoms with Crippen molar-refractivity contribution in [1.82, 2.24) is 0 Å². The Kier molecular flexibility index (Phi) is 17.7. The molecule has 0 saturated carbocycles. The molecular formula is C57H83BO6Si3. The lowest BCUT2D eigenvalue weighted by molar-refractivity contribution is 0.00370. The van der Waals surface area contributed by atoms with Crippen LogP contribution in [-0.2, 0) is 33.8 Å². The summed E-state index contributed by atoms with van der Waals surface area (Å²) in [4.78, 5) is 0. The second-order valence-corrected chi connectivity index (χ2v) is 37.4. The van der Waals surface area contributed by atoms with Crippen LogP contribution >= 0.6 is 0 Å². The summed E-state index contributed by atoms with van der Waals surface area (Å²) in [6.07, 6.45) is 10.1. The zero-order valence-electron chi connectivity index (χ0n) is 43.6. The number of benzene rings is 4. The minimum absolute atomic E-state index is 0.00635. The van der Waals surface area contributed by atoms with Crippen LogP contribution in [0.3, 0.4) is 0 Å². The van der Waals surface area contributed by atoms with Gasteiger partial charge in [-0.2, -0.15) is 0 Å². The molecule has 4 aromatic carbocycles. The molecule has 1 fully saturated rings. The molecule has 0 bridgehead atoms. The summed E-state index contributed by atoms with van der Waals surface area (Å²) >= 11 is 0. The quantitative estimate of drug-likeness (QED) is 0.0703. The van der Waals surface area contributed by atoms with Crippen molar-refractivity contribution in [2.24, 2.45) is 0 Å². The lowest BCUT2D eigenvalue weighted by Crippen LogP contribution is -2.48. The van der Waals surface area contributed by atoms with E-state index < -0.39 is 55.2 Å². The highest BCUT2D eigenvalue weighted by Gasteiger charge is 2.67. The molecule has 1 N–H and O–H groups in total. The molecule has 5 rings (SSSR count). The van der Waals surface area contributed by atoms with E-state index in [9.17, 15) is 5.11 Å². The second-order valence-electron chi connectivity index (χ2n) is 23.1. The first-order valence-corrected chi connectivity index (χ1v) is 33.2. The highest BCUT2D eigenvalue weighted by molar-refractivity contribution is 6.75. The van der Waals surface area contributed by atoms with Gasteiger partial charge in [-0.15, -0.1) is 6.58 Å². The van der Waals surface area contributed by atoms with E-state index >= 15 is 0 Å². The minimum atomic E-state index is -2.20. The molecule has 0 radical (unpaired) electrons. The molecule has 1 aliphatic heterocycles. The van der Waals surface area contributed by atoms with Crippen molar-refractivity contribution in [3.63, 3.8) is 0 Å². The maximum absolute atomic E-state index is 12.3. The van der Waals surface area contributed by atoms with E-state index in [4.69, 9.17) is 22.6 Å². The van der Waals surface area contributed by atoms with Crippen LogP contribution in [0.1, 0.15) is 97.4 Å². The van der Waals surface area contributed by atoms with Crippen LogP contribution in [0, 0.1) is 0 Å². The van der Waals surface area contributed by atoms with Gasteiger partial charge >= 0.3 is 7.12 Å². The van der Waals surface area contributed by atoms with Gasteiger partial charge in [0.25, 0.3) is 0 Å². The SMILES string of the molecule is C=C[C@@H](B1OC(c2ccccc2)(c2ccccc2)C(c2ccccc2)(c2ccccc2)O1)[C@@H](O)/C=C/C[C@H](/C=C/C[C@@H](CO[Si](C)(C)C(C)(C)C)O[Si](C)(C)C(C)(C)C)O[Si](C)(C)C(C)(C)C. The molecule has 0 spiro atoms. The van der Waals surface area contributed by atoms with Gasteiger partial charge in [-0.3, -0.25) is 0 Å². The molecule has 0 amide bonds. The van der Waals surface area contributed by atoms with E-state index in [0.717, 1.165) is 28.7 Å². The van der Waals surface area contributed by atoms with Gasteiger partial charge in [-0.1, -0.05) is 214 Å². The normalized spacial score (nSPS) is 18.0. The smallest absolute Gasteiger partial charge is 0.414 e. The fourth-order valence-corrected chi connectivity index (χ4v) is 11.7. The summed E-state index contributed by atoms with van der Waals surface area (Å²) in [7, 11) is -7.21. The zero-order chi connectivity index (χ0) is 49.5. The summed E-state index contributed by atoms with van der Waals surface area (Å²) in [6, 6.07) is 41.3. The summed E-state index contributed by atoms with van der Waals surface area (Å²) in [5.74, 6) is -0.637. The average molecular weight is 959 g/mol. The van der Waals surface area contributed by atoms with Crippen molar-refractivity contribution in [1.29, 1.82) is 0 Å². The van der Waals surface area contributed by atoms with E-state index in [1.54, 1.807) is 6.08 Å². The van der Waals surface area contributed by atoms with E-state index in [0.29, 0.717) is 13.0 Å². The van der Waals surface area contributed by atoms with Crippen LogP contribution in [0.25, 0.3) is 0 Å². The fourth-order valence-electron chi connectivity index (χ4n) is 8.06. The second kappa shape index (κ2) is 21.7. The standard InChI is InChI=1S/C57H83BO6Si3/c1-17-51(58-63-56(45-32-22-18-23-33-45,46-34-24-19-25-35-46)57(64-58,47-36-26-20-27-37-47)48-38-28-21-29-39-48)52(59)43-31-41-49(61-66(13,14)54(5,6)7)40-30-42-50(62-67(15,16)55(8,9)10)44-60-65(11,12)53(2,3)4/h17-40,43,49-52,59H,1,41-42,44H2,2-16H3/b40-30+,43-31+/t49-,50-,51+,52-/m0/s1. The predicted octanol–water partition coefficient (Wildman–Crippen LogP) is 15.0. The zero-order valence-corrected chi connectivity index (χ0v) is 46.6. The third-order valence-electron chi connectivity index (χ3n) is 15.2. The number of aliphatic hydroxyl groups is 1. The van der Waals surface area contributed by atoms with Crippen molar-refractivity contribution < 1.29 is 27.7 Å². The molecule has 0 aliphatic carbocycles. The number of aliphatic hydroxyl groups excluding tert-OH is 1. The topological polar surface area (TPSA) is 66.4 Å². The summed E-state index contributed by atoms with van der Waals surface area (Å²) in [5, 5.41) is 12.5. The van der Waals surface area contributed by atoms with Crippen LogP contribution in [0.5, 0.6) is 0 Å². The highest BCUT2D eigenvalue weighted by Crippen LogP contribution is 2.60. The van der Waals surface area contributed by atoms with Crippen molar-refractivity contribution in [2.75, 3.05) is 6.61 Å². The van der Waals surface area contributed by atoms with E-state index in [1.807, 2.05) is 84.9 Å². The van der Waals surface area contributed by atoms with Crippen LogP contribution in [0.2, 0.25) is 60.2 Å². The monoisotopic (exact) mass is 959 g/mol. The van der Waals surface area contributed by atoms with Crippen LogP contribution < -0.4 is 0 Å². The van der Waals surface area contributed by atoms with Gasteiger partial charge in [0.15, 0.2) is 25.0 Å². The maximum atomic E-state index is 12.3. The molecule has 1 aliphatic rings. The Bertz CT molecular complexity index is 2040. The van der Waals surface area contributed by atoms with Gasteiger partial charge < -0.3 is 27.7 Å². The molecule has 362 valence electrons. The van der Waals surface area contributed by atoms with Gasteiger partial charge in [0, 0.05) is 5.82 Å². The van der Waals surface area contributed by atoms with Gasteiger partial charge in [0.2, 0.25) is 0 Å². The lowest BCUT2D eigenvalue weighted by Gasteiger charge is -2.46. The third kappa shape index (κ3) is 12.3. The average Bonchev–Trinajstić information content (AvgIpc) is 3.63. The van der Waals surface area contributed by atoms with Gasteiger partial charge in [0.1, 0.15) is 11.2 Å². The first-order valence-electron chi connectivity index (χ1n) is 24.4. The van der Waals surface area contributed by atoms with Crippen molar-refractivity contribution in [3.05, 3.63) is 181 Å². The van der Waals surface area contributed by atoms with E-state index in [1.165, 1.54) is 0 Å². The summed E-state index contributed by atoms with van der Waals surface area (Å²) < 4.78 is 36.0. The Morgan fingerprint density at radius 3 is 1.27 bits per heavy atom. The maximum Gasteiger partial charge on any atom is 0.469 e. The molecular weight excluding hydrogens is 876 g/mol. The predicted molar refractivity (Wildman–Crippen MR) is 290 cm³/mol. The fraction of sp³-hybridized carbons (Fsp3) is 0.474. The van der Waals surface area contributed by atoms with Gasteiger partial charge in [-0.25, -0.2) is 0 Å². The Morgan fingerprint density at radius 1 is 0.552 bits per heavy atom.